The van der Waals surface area contributed by atoms with Crippen LogP contribution in [0.4, 0.5) is 15.8 Å². The molecule has 0 amide bonds. The zero-order chi connectivity index (χ0) is 15.6. The molecule has 0 fully saturated rings. The van der Waals surface area contributed by atoms with E-state index in [1.165, 1.54) is 12.1 Å². The van der Waals surface area contributed by atoms with Crippen LogP contribution in [0.2, 0.25) is 0 Å². The van der Waals surface area contributed by atoms with Crippen molar-refractivity contribution in [3.8, 4) is 5.75 Å². The maximum Gasteiger partial charge on any atom is 0.274 e. The molecule has 0 saturated carbocycles. The van der Waals surface area contributed by atoms with Crippen molar-refractivity contribution in [2.45, 2.75) is 20.4 Å². The normalized spacial score (nSPS) is 10.4. The second kappa shape index (κ2) is 5.78. The van der Waals surface area contributed by atoms with E-state index < -0.39 is 10.7 Å². The Morgan fingerprint density at radius 1 is 1.19 bits per heavy atom. The third-order valence-corrected chi connectivity index (χ3v) is 3.14. The Bertz CT molecular complexity index is 678. The third-order valence-electron chi connectivity index (χ3n) is 3.14. The quantitative estimate of drug-likeness (QED) is 0.665. The summed E-state index contributed by atoms with van der Waals surface area (Å²) in [6.45, 7) is 3.96. The summed E-state index contributed by atoms with van der Waals surface area (Å²) in [7, 11) is 0. The van der Waals surface area contributed by atoms with E-state index in [-0.39, 0.29) is 11.4 Å². The lowest BCUT2D eigenvalue weighted by Gasteiger charge is -2.10. The number of phenols is 1. The van der Waals surface area contributed by atoms with Gasteiger partial charge in [0.25, 0.3) is 5.69 Å². The van der Waals surface area contributed by atoms with Gasteiger partial charge in [0.1, 0.15) is 11.6 Å². The van der Waals surface area contributed by atoms with E-state index in [0.717, 1.165) is 22.8 Å². The molecule has 0 spiro atoms. The van der Waals surface area contributed by atoms with Gasteiger partial charge in [0.2, 0.25) is 0 Å². The van der Waals surface area contributed by atoms with Crippen LogP contribution in [-0.2, 0) is 6.54 Å². The summed E-state index contributed by atoms with van der Waals surface area (Å²) in [6, 6.07) is 6.97. The molecule has 0 radical (unpaired) electrons. The Morgan fingerprint density at radius 2 is 1.81 bits per heavy atom. The standard InChI is InChI=1S/C15H15FN2O3/c1-9-3-11(4-10(2)15(9)19)8-17-13-5-12(16)6-14(7-13)18(20)21/h3-7,17,19H,8H2,1-2H3. The number of benzene rings is 2. The highest BCUT2D eigenvalue weighted by Gasteiger charge is 2.10. The number of hydrogen-bond donors (Lipinski definition) is 2. The molecule has 0 saturated heterocycles. The van der Waals surface area contributed by atoms with E-state index in [1.807, 2.05) is 12.1 Å². The summed E-state index contributed by atoms with van der Waals surface area (Å²) in [4.78, 5) is 10.1. The van der Waals surface area contributed by atoms with E-state index in [9.17, 15) is 19.6 Å². The van der Waals surface area contributed by atoms with Gasteiger partial charge < -0.3 is 10.4 Å². The van der Waals surface area contributed by atoms with Gasteiger partial charge in [-0.25, -0.2) is 4.39 Å². The smallest absolute Gasteiger partial charge is 0.274 e. The molecule has 0 unspecified atom stereocenters. The minimum atomic E-state index is -0.662. The number of rotatable bonds is 4. The molecule has 2 aromatic carbocycles. The molecule has 2 rings (SSSR count). The fraction of sp³-hybridized carbons (Fsp3) is 0.200. The number of nitrogens with zero attached hydrogens (tertiary/aromatic N) is 1. The zero-order valence-electron chi connectivity index (χ0n) is 11.7. The van der Waals surface area contributed by atoms with Gasteiger partial charge in [-0.05, 0) is 36.6 Å². The second-order valence-corrected chi connectivity index (χ2v) is 4.89. The first-order chi connectivity index (χ1) is 9.86. The lowest BCUT2D eigenvalue weighted by molar-refractivity contribution is -0.385. The molecule has 2 N–H and O–H groups in total. The molecule has 0 aromatic heterocycles. The molecule has 6 heteroatoms. The molecular formula is C15H15FN2O3. The molecule has 110 valence electrons. The van der Waals surface area contributed by atoms with Crippen molar-refractivity contribution in [1.29, 1.82) is 0 Å². The summed E-state index contributed by atoms with van der Waals surface area (Å²) in [5.74, 6) is -0.412. The van der Waals surface area contributed by atoms with E-state index in [4.69, 9.17) is 0 Å². The first-order valence-corrected chi connectivity index (χ1v) is 6.35. The highest BCUT2D eigenvalue weighted by Crippen LogP contribution is 2.24. The lowest BCUT2D eigenvalue weighted by Crippen LogP contribution is -2.02. The van der Waals surface area contributed by atoms with Crippen LogP contribution in [0.25, 0.3) is 0 Å². The highest BCUT2D eigenvalue weighted by atomic mass is 19.1. The molecular weight excluding hydrogens is 275 g/mol. The lowest BCUT2D eigenvalue weighted by atomic mass is 10.1. The summed E-state index contributed by atoms with van der Waals surface area (Å²) in [5.41, 5.74) is 2.43. The molecule has 0 heterocycles. The van der Waals surface area contributed by atoms with Crippen LogP contribution in [0.3, 0.4) is 0 Å². The summed E-state index contributed by atoms with van der Waals surface area (Å²) in [5, 5.41) is 23.3. The van der Waals surface area contributed by atoms with Crippen molar-refractivity contribution in [3.05, 3.63) is 63.0 Å². The number of nitro benzene ring substituents is 1. The number of halogens is 1. The Kier molecular flexibility index (Phi) is 4.07. The number of anilines is 1. The average Bonchev–Trinajstić information content (AvgIpc) is 2.41. The molecule has 0 atom stereocenters. The SMILES string of the molecule is Cc1cc(CNc2cc(F)cc([N+](=O)[O-])c2)cc(C)c1O. The van der Waals surface area contributed by atoms with Crippen molar-refractivity contribution >= 4 is 11.4 Å². The van der Waals surface area contributed by atoms with Gasteiger partial charge in [-0.1, -0.05) is 12.1 Å². The molecule has 21 heavy (non-hydrogen) atoms. The Hall–Kier alpha value is -2.63. The minimum Gasteiger partial charge on any atom is -0.507 e. The minimum absolute atomic E-state index is 0.250. The van der Waals surface area contributed by atoms with Crippen LogP contribution in [0.1, 0.15) is 16.7 Å². The van der Waals surface area contributed by atoms with Crippen LogP contribution in [0.15, 0.2) is 30.3 Å². The van der Waals surface area contributed by atoms with Gasteiger partial charge in [-0.15, -0.1) is 0 Å². The monoisotopic (exact) mass is 290 g/mol. The predicted octanol–water partition coefficient (Wildman–Crippen LogP) is 3.67. The predicted molar refractivity (Wildman–Crippen MR) is 78.0 cm³/mol. The van der Waals surface area contributed by atoms with E-state index >= 15 is 0 Å². The van der Waals surface area contributed by atoms with E-state index in [0.29, 0.717) is 12.2 Å². The number of non-ortho nitro benzene ring substituents is 1. The largest absolute Gasteiger partial charge is 0.507 e. The van der Waals surface area contributed by atoms with Crippen molar-refractivity contribution < 1.29 is 14.4 Å². The summed E-state index contributed by atoms with van der Waals surface area (Å²) < 4.78 is 13.3. The van der Waals surface area contributed by atoms with E-state index in [2.05, 4.69) is 5.32 Å². The maximum absolute atomic E-state index is 13.3. The Balaban J connectivity index is 2.18. The van der Waals surface area contributed by atoms with Gasteiger partial charge in [-0.3, -0.25) is 10.1 Å². The third kappa shape index (κ3) is 3.47. The van der Waals surface area contributed by atoms with Gasteiger partial charge in [-0.2, -0.15) is 0 Å². The van der Waals surface area contributed by atoms with Crippen LogP contribution in [0, 0.1) is 29.8 Å². The number of nitrogens with one attached hydrogen (secondary N) is 1. The number of hydrogen-bond acceptors (Lipinski definition) is 4. The van der Waals surface area contributed by atoms with Crippen molar-refractivity contribution in [1.82, 2.24) is 0 Å². The molecule has 2 aromatic rings. The van der Waals surface area contributed by atoms with Gasteiger partial charge in [0.15, 0.2) is 0 Å². The number of aromatic hydroxyl groups is 1. The molecule has 0 aliphatic heterocycles. The van der Waals surface area contributed by atoms with Crippen molar-refractivity contribution in [2.24, 2.45) is 0 Å². The molecule has 5 nitrogen and oxygen atoms in total. The van der Waals surface area contributed by atoms with Crippen molar-refractivity contribution in [3.63, 3.8) is 0 Å². The maximum atomic E-state index is 13.3. The van der Waals surface area contributed by atoms with Crippen LogP contribution in [0.5, 0.6) is 5.75 Å². The number of phenolic OH excluding ortho intramolecular Hbond substituents is 1. The van der Waals surface area contributed by atoms with Crippen molar-refractivity contribution in [2.75, 3.05) is 5.32 Å². The van der Waals surface area contributed by atoms with E-state index in [1.54, 1.807) is 13.8 Å². The fourth-order valence-corrected chi connectivity index (χ4v) is 2.13. The van der Waals surface area contributed by atoms with Crippen LogP contribution < -0.4 is 5.32 Å². The molecule has 0 bridgehead atoms. The molecule has 0 aliphatic rings. The van der Waals surface area contributed by atoms with Crippen LogP contribution >= 0.6 is 0 Å². The Labute approximate surface area is 121 Å². The molecule has 0 aliphatic carbocycles. The summed E-state index contributed by atoms with van der Waals surface area (Å²) >= 11 is 0. The van der Waals surface area contributed by atoms with Crippen LogP contribution in [-0.4, -0.2) is 10.0 Å². The highest BCUT2D eigenvalue weighted by molar-refractivity contribution is 5.52. The summed E-state index contributed by atoms with van der Waals surface area (Å²) in [6.07, 6.45) is 0. The first-order valence-electron chi connectivity index (χ1n) is 6.35. The number of nitro groups is 1. The van der Waals surface area contributed by atoms with Gasteiger partial charge >= 0.3 is 0 Å². The average molecular weight is 290 g/mol. The zero-order valence-corrected chi connectivity index (χ0v) is 11.7. The number of aryl methyl sites for hydroxylation is 2. The topological polar surface area (TPSA) is 75.4 Å². The Morgan fingerprint density at radius 3 is 2.38 bits per heavy atom. The van der Waals surface area contributed by atoms with Gasteiger partial charge in [0, 0.05) is 18.3 Å². The first kappa shape index (κ1) is 14.8. The van der Waals surface area contributed by atoms with Gasteiger partial charge in [0.05, 0.1) is 11.0 Å². The fourth-order valence-electron chi connectivity index (χ4n) is 2.13. The second-order valence-electron chi connectivity index (χ2n) is 4.89.